The van der Waals surface area contributed by atoms with Gasteiger partial charge in [0.2, 0.25) is 5.91 Å². The van der Waals surface area contributed by atoms with Gasteiger partial charge in [0.1, 0.15) is 6.04 Å². The number of carbonyl (C=O) groups excluding carboxylic acids is 3. The highest BCUT2D eigenvalue weighted by atomic mass is 16.5. The molecule has 0 saturated carbocycles. The van der Waals surface area contributed by atoms with E-state index in [0.717, 1.165) is 12.0 Å². The number of hydrogen-bond acceptors (Lipinski definition) is 4. The summed E-state index contributed by atoms with van der Waals surface area (Å²) in [5.41, 5.74) is 1.59. The molecule has 0 saturated heterocycles. The van der Waals surface area contributed by atoms with Gasteiger partial charge in [-0.25, -0.2) is 4.79 Å². The number of nitrogens with zero attached hydrogens (tertiary/aromatic N) is 1. The summed E-state index contributed by atoms with van der Waals surface area (Å²) in [6, 6.07) is 5.47. The van der Waals surface area contributed by atoms with Crippen LogP contribution in [0.2, 0.25) is 0 Å². The van der Waals surface area contributed by atoms with Gasteiger partial charge in [-0.15, -0.1) is 5.06 Å². The van der Waals surface area contributed by atoms with Crippen LogP contribution in [0.25, 0.3) is 0 Å². The van der Waals surface area contributed by atoms with Crippen molar-refractivity contribution in [2.24, 2.45) is 5.92 Å². The number of urea groups is 1. The average molecular weight is 333 g/mol. The van der Waals surface area contributed by atoms with Crippen molar-refractivity contribution >= 4 is 23.5 Å². The average Bonchev–Trinajstić information content (AvgIpc) is 2.54. The van der Waals surface area contributed by atoms with Crippen LogP contribution < -0.4 is 10.6 Å². The molecule has 7 heteroatoms. The highest BCUT2D eigenvalue weighted by Crippen LogP contribution is 2.21. The summed E-state index contributed by atoms with van der Waals surface area (Å²) in [5, 5.41) is 14.9. The second kappa shape index (κ2) is 7.92. The fraction of sp³-hybridized carbons (Fsp3) is 0.471. The molecule has 2 rings (SSSR count). The first-order valence-corrected chi connectivity index (χ1v) is 8.09. The van der Waals surface area contributed by atoms with Crippen molar-refractivity contribution < 1.29 is 19.6 Å². The number of carbonyl (C=O) groups is 3. The first-order valence-electron chi connectivity index (χ1n) is 8.09. The molecule has 1 aliphatic heterocycles. The zero-order chi connectivity index (χ0) is 17.7. The maximum Gasteiger partial charge on any atom is 0.349 e. The van der Waals surface area contributed by atoms with Gasteiger partial charge in [0, 0.05) is 18.5 Å². The molecule has 0 aliphatic carbocycles. The number of nitrogens with one attached hydrogen (secondary N) is 2. The summed E-state index contributed by atoms with van der Waals surface area (Å²) >= 11 is 0. The Morgan fingerprint density at radius 3 is 2.79 bits per heavy atom. The molecule has 0 spiro atoms. The second-order valence-electron chi connectivity index (χ2n) is 6.34. The minimum absolute atomic E-state index is 0.0636. The predicted molar refractivity (Wildman–Crippen MR) is 88.4 cm³/mol. The lowest BCUT2D eigenvalue weighted by atomic mass is 9.99. The molecule has 24 heavy (non-hydrogen) atoms. The third-order valence-electron chi connectivity index (χ3n) is 3.91. The molecule has 0 bridgehead atoms. The van der Waals surface area contributed by atoms with Crippen LogP contribution in [0, 0.1) is 5.92 Å². The van der Waals surface area contributed by atoms with Crippen LogP contribution in [0.3, 0.4) is 0 Å². The van der Waals surface area contributed by atoms with E-state index < -0.39 is 18.0 Å². The van der Waals surface area contributed by atoms with Crippen molar-refractivity contribution in [2.45, 2.75) is 45.6 Å². The standard InChI is InChI=1S/C17H23N3O4/c1-11(2)6-5-9-15(21)20(24)17(23)19-14-10-12-7-3-4-8-13(12)18-16(14)22/h3-4,7-8,11,14,24H,5-6,9-10H2,1-2H3,(H,18,22)(H,19,23)/t14-/m1/s1. The number of fused-ring (bicyclic) bond motifs is 1. The third kappa shape index (κ3) is 4.55. The van der Waals surface area contributed by atoms with E-state index in [1.165, 1.54) is 0 Å². The van der Waals surface area contributed by atoms with Gasteiger partial charge in [-0.2, -0.15) is 0 Å². The molecule has 1 aromatic rings. The molecule has 0 radical (unpaired) electrons. The lowest BCUT2D eigenvalue weighted by Crippen LogP contribution is -2.52. The molecular formula is C17H23N3O4. The van der Waals surface area contributed by atoms with Gasteiger partial charge in [0.15, 0.2) is 0 Å². The summed E-state index contributed by atoms with van der Waals surface area (Å²) in [4.78, 5) is 35.8. The first-order chi connectivity index (χ1) is 11.4. The number of hydrogen-bond donors (Lipinski definition) is 3. The summed E-state index contributed by atoms with van der Waals surface area (Å²) in [6.45, 7) is 4.07. The number of imide groups is 1. The van der Waals surface area contributed by atoms with E-state index in [2.05, 4.69) is 10.6 Å². The highest BCUT2D eigenvalue weighted by Gasteiger charge is 2.30. The van der Waals surface area contributed by atoms with E-state index in [4.69, 9.17) is 0 Å². The Kier molecular flexibility index (Phi) is 5.92. The minimum Gasteiger partial charge on any atom is -0.324 e. The molecule has 1 aliphatic rings. The van der Waals surface area contributed by atoms with Gasteiger partial charge in [0.05, 0.1) is 0 Å². The van der Waals surface area contributed by atoms with Crippen LogP contribution in [0.15, 0.2) is 24.3 Å². The third-order valence-corrected chi connectivity index (χ3v) is 3.91. The maximum atomic E-state index is 12.0. The molecule has 130 valence electrons. The number of para-hydroxylation sites is 1. The summed E-state index contributed by atoms with van der Waals surface area (Å²) in [5.74, 6) is -0.600. The molecule has 0 unspecified atom stereocenters. The Morgan fingerprint density at radius 2 is 2.08 bits per heavy atom. The highest BCUT2D eigenvalue weighted by molar-refractivity contribution is 6.01. The monoisotopic (exact) mass is 333 g/mol. The number of benzene rings is 1. The predicted octanol–water partition coefficient (Wildman–Crippen LogP) is 2.30. The normalized spacial score (nSPS) is 16.3. The summed E-state index contributed by atoms with van der Waals surface area (Å²) in [6.07, 6.45) is 1.83. The van der Waals surface area contributed by atoms with E-state index in [0.29, 0.717) is 24.4 Å². The molecule has 4 amide bonds. The van der Waals surface area contributed by atoms with Crippen LogP contribution >= 0.6 is 0 Å². The van der Waals surface area contributed by atoms with E-state index >= 15 is 0 Å². The number of rotatable bonds is 5. The zero-order valence-corrected chi connectivity index (χ0v) is 13.9. The van der Waals surface area contributed by atoms with Crippen molar-refractivity contribution in [3.8, 4) is 0 Å². The van der Waals surface area contributed by atoms with E-state index in [9.17, 15) is 19.6 Å². The summed E-state index contributed by atoms with van der Waals surface area (Å²) in [7, 11) is 0. The molecule has 0 aromatic heterocycles. The van der Waals surface area contributed by atoms with E-state index in [1.807, 2.05) is 32.0 Å². The summed E-state index contributed by atoms with van der Waals surface area (Å²) < 4.78 is 0. The molecular weight excluding hydrogens is 310 g/mol. The van der Waals surface area contributed by atoms with Crippen molar-refractivity contribution in [3.05, 3.63) is 29.8 Å². The van der Waals surface area contributed by atoms with Crippen molar-refractivity contribution in [3.63, 3.8) is 0 Å². The Bertz CT molecular complexity index is 630. The fourth-order valence-corrected chi connectivity index (χ4v) is 2.56. The van der Waals surface area contributed by atoms with Gasteiger partial charge in [-0.05, 0) is 24.0 Å². The van der Waals surface area contributed by atoms with Crippen LogP contribution in [-0.4, -0.2) is 34.2 Å². The van der Waals surface area contributed by atoms with E-state index in [1.54, 1.807) is 6.07 Å². The van der Waals surface area contributed by atoms with Gasteiger partial charge in [-0.3, -0.25) is 14.8 Å². The Labute approximate surface area is 141 Å². The number of hydroxylamine groups is 2. The quantitative estimate of drug-likeness (QED) is 0.569. The first kappa shape index (κ1) is 17.9. The Balaban J connectivity index is 1.89. The number of anilines is 1. The molecule has 1 atom stereocenters. The van der Waals surface area contributed by atoms with Crippen molar-refractivity contribution in [1.29, 1.82) is 0 Å². The Hall–Kier alpha value is -2.41. The van der Waals surface area contributed by atoms with Crippen LogP contribution in [0.4, 0.5) is 10.5 Å². The van der Waals surface area contributed by atoms with Crippen LogP contribution in [-0.2, 0) is 16.0 Å². The zero-order valence-electron chi connectivity index (χ0n) is 13.9. The maximum absolute atomic E-state index is 12.0. The van der Waals surface area contributed by atoms with E-state index in [-0.39, 0.29) is 17.4 Å². The lowest BCUT2D eigenvalue weighted by molar-refractivity contribution is -0.153. The topological polar surface area (TPSA) is 98.7 Å². The van der Waals surface area contributed by atoms with Crippen LogP contribution in [0.5, 0.6) is 0 Å². The molecule has 0 fully saturated rings. The second-order valence-corrected chi connectivity index (χ2v) is 6.34. The van der Waals surface area contributed by atoms with Crippen LogP contribution in [0.1, 0.15) is 38.7 Å². The minimum atomic E-state index is -0.982. The fourth-order valence-electron chi connectivity index (χ4n) is 2.56. The van der Waals surface area contributed by atoms with Gasteiger partial charge < -0.3 is 10.6 Å². The lowest BCUT2D eigenvalue weighted by Gasteiger charge is -2.26. The van der Waals surface area contributed by atoms with Gasteiger partial charge in [-0.1, -0.05) is 38.5 Å². The van der Waals surface area contributed by atoms with Crippen molar-refractivity contribution in [1.82, 2.24) is 10.4 Å². The molecule has 3 N–H and O–H groups in total. The number of amides is 4. The molecule has 1 heterocycles. The van der Waals surface area contributed by atoms with Crippen molar-refractivity contribution in [2.75, 3.05) is 5.32 Å². The van der Waals surface area contributed by atoms with Gasteiger partial charge in [0.25, 0.3) is 5.91 Å². The largest absolute Gasteiger partial charge is 0.349 e. The SMILES string of the molecule is CC(C)CCCC(=O)N(O)C(=O)N[C@@H]1Cc2ccccc2NC1=O. The molecule has 7 nitrogen and oxygen atoms in total. The Morgan fingerprint density at radius 1 is 1.38 bits per heavy atom. The van der Waals surface area contributed by atoms with Gasteiger partial charge >= 0.3 is 6.03 Å². The smallest absolute Gasteiger partial charge is 0.324 e. The molecule has 1 aromatic carbocycles.